The molecule has 0 atom stereocenters. The quantitative estimate of drug-likeness (QED) is 0.906. The number of rotatable bonds is 4. The summed E-state index contributed by atoms with van der Waals surface area (Å²) in [5.41, 5.74) is 1.11. The summed E-state index contributed by atoms with van der Waals surface area (Å²) in [6, 6.07) is 0.468. The zero-order valence-corrected chi connectivity index (χ0v) is 12.0. The second kappa shape index (κ2) is 5.58. The SMILES string of the molecule is CC(C)NCc1cnc(N2CCn3ccnc3C2)nc1. The van der Waals surface area contributed by atoms with Gasteiger partial charge in [-0.25, -0.2) is 15.0 Å². The highest BCUT2D eigenvalue weighted by atomic mass is 15.3. The van der Waals surface area contributed by atoms with E-state index in [-0.39, 0.29) is 0 Å². The molecule has 2 aromatic rings. The van der Waals surface area contributed by atoms with E-state index in [1.807, 2.05) is 24.8 Å². The molecule has 0 radical (unpaired) electrons. The number of aromatic nitrogens is 4. The number of hydrogen-bond donors (Lipinski definition) is 1. The summed E-state index contributed by atoms with van der Waals surface area (Å²) in [4.78, 5) is 15.5. The van der Waals surface area contributed by atoms with E-state index in [2.05, 4.69) is 43.6 Å². The Balaban J connectivity index is 1.66. The van der Waals surface area contributed by atoms with E-state index in [0.29, 0.717) is 6.04 Å². The smallest absolute Gasteiger partial charge is 0.225 e. The minimum Gasteiger partial charge on any atom is -0.332 e. The number of hydrogen-bond acceptors (Lipinski definition) is 5. The molecule has 0 amide bonds. The van der Waals surface area contributed by atoms with Crippen molar-refractivity contribution < 1.29 is 0 Å². The van der Waals surface area contributed by atoms with Crippen molar-refractivity contribution in [3.05, 3.63) is 36.2 Å². The molecule has 1 aliphatic rings. The average molecular weight is 272 g/mol. The summed E-state index contributed by atoms with van der Waals surface area (Å²) in [6.45, 7) is 7.71. The molecule has 3 rings (SSSR count). The van der Waals surface area contributed by atoms with Crippen LogP contribution in [0, 0.1) is 0 Å². The van der Waals surface area contributed by atoms with Crippen molar-refractivity contribution in [2.45, 2.75) is 39.5 Å². The van der Waals surface area contributed by atoms with Gasteiger partial charge < -0.3 is 14.8 Å². The van der Waals surface area contributed by atoms with Gasteiger partial charge in [0.05, 0.1) is 6.54 Å². The van der Waals surface area contributed by atoms with Crippen molar-refractivity contribution >= 4 is 5.95 Å². The first kappa shape index (κ1) is 13.1. The van der Waals surface area contributed by atoms with Crippen LogP contribution in [-0.4, -0.2) is 32.1 Å². The molecule has 0 saturated heterocycles. The van der Waals surface area contributed by atoms with Crippen LogP contribution >= 0.6 is 0 Å². The summed E-state index contributed by atoms with van der Waals surface area (Å²) < 4.78 is 2.18. The highest BCUT2D eigenvalue weighted by Crippen LogP contribution is 2.15. The molecule has 0 saturated carbocycles. The second-order valence-electron chi connectivity index (χ2n) is 5.39. The van der Waals surface area contributed by atoms with E-state index in [4.69, 9.17) is 0 Å². The van der Waals surface area contributed by atoms with Gasteiger partial charge in [0.1, 0.15) is 5.82 Å². The van der Waals surface area contributed by atoms with Crippen LogP contribution in [0.1, 0.15) is 25.2 Å². The fourth-order valence-corrected chi connectivity index (χ4v) is 2.27. The maximum atomic E-state index is 4.48. The van der Waals surface area contributed by atoms with Crippen molar-refractivity contribution in [3.8, 4) is 0 Å². The fourth-order valence-electron chi connectivity index (χ4n) is 2.27. The number of anilines is 1. The first-order valence-corrected chi connectivity index (χ1v) is 7.01. The molecule has 20 heavy (non-hydrogen) atoms. The molecular formula is C14H20N6. The molecule has 6 heteroatoms. The van der Waals surface area contributed by atoms with Gasteiger partial charge in [0.25, 0.3) is 0 Å². The van der Waals surface area contributed by atoms with E-state index in [1.165, 1.54) is 0 Å². The molecule has 0 bridgehead atoms. The van der Waals surface area contributed by atoms with E-state index < -0.39 is 0 Å². The molecule has 0 fully saturated rings. The van der Waals surface area contributed by atoms with Gasteiger partial charge in [0.2, 0.25) is 5.95 Å². The summed E-state index contributed by atoms with van der Waals surface area (Å²) in [7, 11) is 0. The number of nitrogens with one attached hydrogen (secondary N) is 1. The van der Waals surface area contributed by atoms with Crippen LogP contribution in [0.25, 0.3) is 0 Å². The van der Waals surface area contributed by atoms with E-state index in [0.717, 1.165) is 43.5 Å². The Kier molecular flexibility index (Phi) is 3.64. The van der Waals surface area contributed by atoms with Gasteiger partial charge in [-0.2, -0.15) is 0 Å². The standard InChI is InChI=1S/C14H20N6/c1-11(2)16-7-12-8-17-14(18-9-12)20-6-5-19-4-3-15-13(19)10-20/h3-4,8-9,11,16H,5-7,10H2,1-2H3. The van der Waals surface area contributed by atoms with Crippen LogP contribution in [0.15, 0.2) is 24.8 Å². The zero-order valence-electron chi connectivity index (χ0n) is 12.0. The first-order chi connectivity index (χ1) is 9.72. The van der Waals surface area contributed by atoms with Crippen LogP contribution in [-0.2, 0) is 19.6 Å². The second-order valence-corrected chi connectivity index (χ2v) is 5.39. The third-order valence-corrected chi connectivity index (χ3v) is 3.43. The lowest BCUT2D eigenvalue weighted by Gasteiger charge is -2.27. The Morgan fingerprint density at radius 3 is 2.75 bits per heavy atom. The Morgan fingerprint density at radius 1 is 1.20 bits per heavy atom. The molecule has 106 valence electrons. The van der Waals surface area contributed by atoms with Crippen LogP contribution in [0.2, 0.25) is 0 Å². The van der Waals surface area contributed by atoms with Crippen molar-refractivity contribution in [1.29, 1.82) is 0 Å². The predicted molar refractivity (Wildman–Crippen MR) is 77.3 cm³/mol. The largest absolute Gasteiger partial charge is 0.332 e. The summed E-state index contributed by atoms with van der Waals surface area (Å²) in [5.74, 6) is 1.86. The Bertz CT molecular complexity index is 559. The van der Waals surface area contributed by atoms with Gasteiger partial charge in [-0.15, -0.1) is 0 Å². The average Bonchev–Trinajstić information content (AvgIpc) is 2.93. The molecule has 1 N–H and O–H groups in total. The normalized spacial score (nSPS) is 14.7. The van der Waals surface area contributed by atoms with Gasteiger partial charge in [0, 0.05) is 56.0 Å². The monoisotopic (exact) mass is 272 g/mol. The third kappa shape index (κ3) is 2.80. The molecule has 0 aliphatic carbocycles. The summed E-state index contributed by atoms with van der Waals surface area (Å²) >= 11 is 0. The van der Waals surface area contributed by atoms with Gasteiger partial charge in [0.15, 0.2) is 0 Å². The van der Waals surface area contributed by atoms with E-state index in [9.17, 15) is 0 Å². The van der Waals surface area contributed by atoms with Crippen LogP contribution in [0.3, 0.4) is 0 Å². The Labute approximate surface area is 118 Å². The molecule has 1 aliphatic heterocycles. The van der Waals surface area contributed by atoms with Crippen molar-refractivity contribution in [2.24, 2.45) is 0 Å². The van der Waals surface area contributed by atoms with Gasteiger partial charge in [-0.1, -0.05) is 13.8 Å². The van der Waals surface area contributed by atoms with Crippen molar-refractivity contribution in [1.82, 2.24) is 24.8 Å². The van der Waals surface area contributed by atoms with Crippen molar-refractivity contribution in [2.75, 3.05) is 11.4 Å². The van der Waals surface area contributed by atoms with Crippen LogP contribution < -0.4 is 10.2 Å². The minimum absolute atomic E-state index is 0.468. The van der Waals surface area contributed by atoms with E-state index in [1.54, 1.807) is 0 Å². The molecule has 0 aromatic carbocycles. The van der Waals surface area contributed by atoms with Crippen LogP contribution in [0.5, 0.6) is 0 Å². The van der Waals surface area contributed by atoms with Crippen molar-refractivity contribution in [3.63, 3.8) is 0 Å². The highest BCUT2D eigenvalue weighted by molar-refractivity contribution is 5.31. The Morgan fingerprint density at radius 2 is 2.00 bits per heavy atom. The molecule has 2 aromatic heterocycles. The zero-order chi connectivity index (χ0) is 13.9. The lowest BCUT2D eigenvalue weighted by Crippen LogP contribution is -2.34. The lowest BCUT2D eigenvalue weighted by molar-refractivity contribution is 0.550. The van der Waals surface area contributed by atoms with Gasteiger partial charge in [-0.05, 0) is 0 Å². The molecular weight excluding hydrogens is 252 g/mol. The number of imidazole rings is 1. The summed E-state index contributed by atoms with van der Waals surface area (Å²) in [6.07, 6.45) is 7.67. The molecule has 6 nitrogen and oxygen atoms in total. The maximum absolute atomic E-state index is 4.48. The maximum Gasteiger partial charge on any atom is 0.225 e. The predicted octanol–water partition coefficient (Wildman–Crippen LogP) is 1.19. The molecule has 3 heterocycles. The summed E-state index contributed by atoms with van der Waals surface area (Å²) in [5, 5.41) is 3.36. The third-order valence-electron chi connectivity index (χ3n) is 3.43. The molecule has 0 unspecified atom stereocenters. The van der Waals surface area contributed by atoms with Gasteiger partial charge in [-0.3, -0.25) is 0 Å². The van der Waals surface area contributed by atoms with E-state index >= 15 is 0 Å². The Hall–Kier alpha value is -1.95. The first-order valence-electron chi connectivity index (χ1n) is 7.01. The topological polar surface area (TPSA) is 58.9 Å². The number of fused-ring (bicyclic) bond motifs is 1. The van der Waals surface area contributed by atoms with Crippen LogP contribution in [0.4, 0.5) is 5.95 Å². The lowest BCUT2D eigenvalue weighted by atomic mass is 10.3. The molecule has 0 spiro atoms. The minimum atomic E-state index is 0.468. The highest BCUT2D eigenvalue weighted by Gasteiger charge is 2.18. The fraction of sp³-hybridized carbons (Fsp3) is 0.500. The van der Waals surface area contributed by atoms with Gasteiger partial charge >= 0.3 is 0 Å². The number of nitrogens with zero attached hydrogens (tertiary/aromatic N) is 5.